The molecule has 0 unspecified atom stereocenters. The van der Waals surface area contributed by atoms with Crippen molar-refractivity contribution in [3.8, 4) is 5.75 Å². The molecular weight excluding hydrogens is 264 g/mol. The fourth-order valence-corrected chi connectivity index (χ4v) is 2.15. The van der Waals surface area contributed by atoms with Crippen LogP contribution >= 0.6 is 0 Å². The van der Waals surface area contributed by atoms with Crippen LogP contribution in [0.4, 0.5) is 0 Å². The van der Waals surface area contributed by atoms with Crippen molar-refractivity contribution in [2.24, 2.45) is 5.84 Å². The molecule has 3 N–H and O–H groups in total. The van der Waals surface area contributed by atoms with Gasteiger partial charge in [0.1, 0.15) is 12.4 Å². The van der Waals surface area contributed by atoms with Gasteiger partial charge in [0.05, 0.1) is 0 Å². The van der Waals surface area contributed by atoms with E-state index in [1.807, 2.05) is 24.3 Å². The molecule has 0 aromatic heterocycles. The van der Waals surface area contributed by atoms with Gasteiger partial charge in [-0.15, -0.1) is 0 Å². The third-order valence-corrected chi connectivity index (χ3v) is 3.25. The summed E-state index contributed by atoms with van der Waals surface area (Å²) in [6.45, 7) is 2.49. The van der Waals surface area contributed by atoms with Gasteiger partial charge in [-0.05, 0) is 30.2 Å². The molecule has 0 saturated heterocycles. The van der Waals surface area contributed by atoms with E-state index in [9.17, 15) is 4.79 Å². The number of carbonyl (C=O) groups excluding carboxylic acids is 1. The first kappa shape index (κ1) is 15.1. The number of aryl methyl sites for hydroxylation is 1. The second-order valence-electron chi connectivity index (χ2n) is 4.81. The molecule has 0 aliphatic rings. The van der Waals surface area contributed by atoms with E-state index in [0.717, 1.165) is 24.2 Å². The van der Waals surface area contributed by atoms with Crippen LogP contribution in [0.1, 0.15) is 34.8 Å². The highest BCUT2D eigenvalue weighted by atomic mass is 16.5. The van der Waals surface area contributed by atoms with E-state index in [1.165, 1.54) is 5.56 Å². The highest BCUT2D eigenvalue weighted by Gasteiger charge is 2.09. The zero-order valence-electron chi connectivity index (χ0n) is 12.1. The lowest BCUT2D eigenvalue weighted by molar-refractivity contribution is 0.0951. The van der Waals surface area contributed by atoms with Crippen LogP contribution in [0.25, 0.3) is 0 Å². The van der Waals surface area contributed by atoms with E-state index >= 15 is 0 Å². The maximum atomic E-state index is 11.7. The summed E-state index contributed by atoms with van der Waals surface area (Å²) in [7, 11) is 0. The molecule has 2 aromatic carbocycles. The average Bonchev–Trinajstić information content (AvgIpc) is 2.54. The number of hydrogen-bond donors (Lipinski definition) is 2. The number of ether oxygens (including phenoxy) is 1. The van der Waals surface area contributed by atoms with E-state index in [4.69, 9.17) is 10.6 Å². The second-order valence-corrected chi connectivity index (χ2v) is 4.81. The Hall–Kier alpha value is -2.33. The van der Waals surface area contributed by atoms with E-state index < -0.39 is 0 Å². The minimum atomic E-state index is -0.313. The SMILES string of the molecule is CCCc1ccc(OCc2ccccc2C(=O)NN)cc1. The fraction of sp³-hybridized carbons (Fsp3) is 0.235. The number of carbonyl (C=O) groups is 1. The molecule has 110 valence electrons. The summed E-state index contributed by atoms with van der Waals surface area (Å²) < 4.78 is 5.74. The molecule has 0 radical (unpaired) electrons. The molecule has 0 bridgehead atoms. The molecule has 0 saturated carbocycles. The van der Waals surface area contributed by atoms with Gasteiger partial charge in [-0.1, -0.05) is 43.7 Å². The van der Waals surface area contributed by atoms with Gasteiger partial charge >= 0.3 is 0 Å². The highest BCUT2D eigenvalue weighted by Crippen LogP contribution is 2.16. The van der Waals surface area contributed by atoms with E-state index in [1.54, 1.807) is 12.1 Å². The second kappa shape index (κ2) is 7.45. The first-order valence-corrected chi connectivity index (χ1v) is 7.05. The standard InChI is InChI=1S/C17H20N2O2/c1-2-5-13-8-10-15(11-9-13)21-12-14-6-3-4-7-16(14)17(20)19-18/h3-4,6-11H,2,5,12,18H2,1H3,(H,19,20). The Morgan fingerprint density at radius 2 is 1.86 bits per heavy atom. The summed E-state index contributed by atoms with van der Waals surface area (Å²) >= 11 is 0. The summed E-state index contributed by atoms with van der Waals surface area (Å²) in [5.41, 5.74) is 4.78. The maximum Gasteiger partial charge on any atom is 0.265 e. The predicted molar refractivity (Wildman–Crippen MR) is 82.9 cm³/mol. The van der Waals surface area contributed by atoms with Crippen molar-refractivity contribution in [1.29, 1.82) is 0 Å². The largest absolute Gasteiger partial charge is 0.489 e. The molecule has 0 aliphatic carbocycles. The molecule has 1 amide bonds. The van der Waals surface area contributed by atoms with Gasteiger partial charge in [0.25, 0.3) is 5.91 Å². The maximum absolute atomic E-state index is 11.7. The minimum Gasteiger partial charge on any atom is -0.489 e. The summed E-state index contributed by atoms with van der Waals surface area (Å²) in [5, 5.41) is 0. The van der Waals surface area contributed by atoms with Crippen LogP contribution in [0, 0.1) is 0 Å². The first-order chi connectivity index (χ1) is 10.2. The van der Waals surface area contributed by atoms with Crippen molar-refractivity contribution < 1.29 is 9.53 Å². The Bertz CT molecular complexity index is 594. The van der Waals surface area contributed by atoms with Crippen LogP contribution in [0.5, 0.6) is 5.75 Å². The fourth-order valence-electron chi connectivity index (χ4n) is 2.15. The average molecular weight is 284 g/mol. The van der Waals surface area contributed by atoms with Crippen molar-refractivity contribution in [3.05, 3.63) is 65.2 Å². The number of nitrogens with one attached hydrogen (secondary N) is 1. The van der Waals surface area contributed by atoms with Crippen molar-refractivity contribution in [3.63, 3.8) is 0 Å². The molecular formula is C17H20N2O2. The molecule has 0 atom stereocenters. The summed E-state index contributed by atoms with van der Waals surface area (Å²) in [6, 6.07) is 15.3. The van der Waals surface area contributed by atoms with Gasteiger partial charge < -0.3 is 4.74 Å². The predicted octanol–water partition coefficient (Wildman–Crippen LogP) is 2.82. The summed E-state index contributed by atoms with van der Waals surface area (Å²) in [6.07, 6.45) is 2.20. The van der Waals surface area contributed by atoms with Crippen molar-refractivity contribution in [1.82, 2.24) is 5.43 Å². The Morgan fingerprint density at radius 1 is 1.14 bits per heavy atom. The number of benzene rings is 2. The number of rotatable bonds is 6. The normalized spacial score (nSPS) is 10.2. The molecule has 0 aliphatic heterocycles. The molecule has 2 rings (SSSR count). The van der Waals surface area contributed by atoms with Gasteiger partial charge in [0.15, 0.2) is 0 Å². The molecule has 2 aromatic rings. The molecule has 0 heterocycles. The third kappa shape index (κ3) is 4.07. The molecule has 0 spiro atoms. The summed E-state index contributed by atoms with van der Waals surface area (Å²) in [4.78, 5) is 11.7. The third-order valence-electron chi connectivity index (χ3n) is 3.25. The van der Waals surface area contributed by atoms with Crippen molar-refractivity contribution in [2.45, 2.75) is 26.4 Å². The quantitative estimate of drug-likeness (QED) is 0.487. The van der Waals surface area contributed by atoms with Gasteiger partial charge in [-0.3, -0.25) is 10.2 Å². The smallest absolute Gasteiger partial charge is 0.265 e. The monoisotopic (exact) mass is 284 g/mol. The Morgan fingerprint density at radius 3 is 2.52 bits per heavy atom. The van der Waals surface area contributed by atoms with Crippen LogP contribution in [0.15, 0.2) is 48.5 Å². The number of amides is 1. The van der Waals surface area contributed by atoms with Crippen molar-refractivity contribution in [2.75, 3.05) is 0 Å². The Balaban J connectivity index is 2.04. The number of hydrogen-bond acceptors (Lipinski definition) is 3. The number of hydrazine groups is 1. The topological polar surface area (TPSA) is 64.3 Å². The van der Waals surface area contributed by atoms with Crippen LogP contribution in [-0.4, -0.2) is 5.91 Å². The first-order valence-electron chi connectivity index (χ1n) is 7.05. The minimum absolute atomic E-state index is 0.313. The van der Waals surface area contributed by atoms with E-state index in [2.05, 4.69) is 24.5 Å². The lowest BCUT2D eigenvalue weighted by Crippen LogP contribution is -2.30. The van der Waals surface area contributed by atoms with E-state index in [0.29, 0.717) is 12.2 Å². The molecule has 4 heteroatoms. The molecule has 4 nitrogen and oxygen atoms in total. The van der Waals surface area contributed by atoms with Crippen LogP contribution in [0.3, 0.4) is 0 Å². The zero-order valence-corrected chi connectivity index (χ0v) is 12.1. The molecule has 21 heavy (non-hydrogen) atoms. The van der Waals surface area contributed by atoms with Crippen molar-refractivity contribution >= 4 is 5.91 Å². The zero-order chi connectivity index (χ0) is 15.1. The van der Waals surface area contributed by atoms with Gasteiger partial charge in [0.2, 0.25) is 0 Å². The molecule has 0 fully saturated rings. The van der Waals surface area contributed by atoms with Crippen LogP contribution in [-0.2, 0) is 13.0 Å². The number of nitrogen functional groups attached to an aromatic ring is 1. The van der Waals surface area contributed by atoms with Crippen LogP contribution < -0.4 is 16.0 Å². The summed E-state index contributed by atoms with van der Waals surface area (Å²) in [5.74, 6) is 5.66. The highest BCUT2D eigenvalue weighted by molar-refractivity contribution is 5.95. The van der Waals surface area contributed by atoms with Gasteiger partial charge in [-0.2, -0.15) is 0 Å². The Labute approximate surface area is 124 Å². The van der Waals surface area contributed by atoms with E-state index in [-0.39, 0.29) is 5.91 Å². The lowest BCUT2D eigenvalue weighted by atomic mass is 10.1. The van der Waals surface area contributed by atoms with Gasteiger partial charge in [-0.25, -0.2) is 5.84 Å². The number of nitrogens with two attached hydrogens (primary N) is 1. The Kier molecular flexibility index (Phi) is 5.35. The van der Waals surface area contributed by atoms with Crippen LogP contribution in [0.2, 0.25) is 0 Å². The lowest BCUT2D eigenvalue weighted by Gasteiger charge is -2.10. The van der Waals surface area contributed by atoms with Gasteiger partial charge in [0, 0.05) is 11.1 Å².